The number of rotatable bonds is 4. The first-order chi connectivity index (χ1) is 9.51. The number of amides is 1. The van der Waals surface area contributed by atoms with Gasteiger partial charge in [0.25, 0.3) is 5.91 Å². The van der Waals surface area contributed by atoms with E-state index in [1.807, 2.05) is 0 Å². The lowest BCUT2D eigenvalue weighted by molar-refractivity contribution is 0.0696. The number of nitrogens with one attached hydrogen (secondary N) is 1. The van der Waals surface area contributed by atoms with E-state index in [0.717, 1.165) is 0 Å². The third-order valence-corrected chi connectivity index (χ3v) is 2.63. The van der Waals surface area contributed by atoms with Crippen LogP contribution < -0.4 is 10.1 Å². The molecule has 2 rings (SSSR count). The van der Waals surface area contributed by atoms with Crippen LogP contribution in [-0.4, -0.2) is 33.6 Å². The molecule has 0 aliphatic rings. The number of carbonyl (C=O) groups excluding carboxylic acids is 1. The van der Waals surface area contributed by atoms with Gasteiger partial charge in [0.1, 0.15) is 11.4 Å². The number of hydrogen-bond acceptors (Lipinski definition) is 4. The second kappa shape index (κ2) is 5.43. The van der Waals surface area contributed by atoms with Gasteiger partial charge in [0.2, 0.25) is 0 Å². The number of anilines is 1. The number of nitrogens with zero attached hydrogens (tertiary/aromatic N) is 2. The second-order valence-corrected chi connectivity index (χ2v) is 4.10. The highest BCUT2D eigenvalue weighted by Gasteiger charge is 2.14. The van der Waals surface area contributed by atoms with Crippen LogP contribution in [0.1, 0.15) is 20.8 Å². The molecular weight excluding hydrogens is 262 g/mol. The van der Waals surface area contributed by atoms with E-state index in [0.29, 0.717) is 5.75 Å². The van der Waals surface area contributed by atoms with Gasteiger partial charge < -0.3 is 19.7 Å². The van der Waals surface area contributed by atoms with Gasteiger partial charge in [-0.25, -0.2) is 9.78 Å². The molecule has 0 aliphatic carbocycles. The molecule has 0 radical (unpaired) electrons. The Balaban J connectivity index is 2.29. The van der Waals surface area contributed by atoms with Crippen molar-refractivity contribution in [3.63, 3.8) is 0 Å². The Morgan fingerprint density at radius 2 is 2.15 bits per heavy atom. The highest BCUT2D eigenvalue weighted by atomic mass is 16.5. The van der Waals surface area contributed by atoms with Crippen LogP contribution in [-0.2, 0) is 7.05 Å². The van der Waals surface area contributed by atoms with E-state index in [1.54, 1.807) is 17.8 Å². The van der Waals surface area contributed by atoms with Gasteiger partial charge in [0.15, 0.2) is 0 Å². The van der Waals surface area contributed by atoms with Crippen molar-refractivity contribution < 1.29 is 19.4 Å². The molecule has 7 nitrogen and oxygen atoms in total. The minimum atomic E-state index is -1.08. The van der Waals surface area contributed by atoms with E-state index >= 15 is 0 Å². The first-order valence-electron chi connectivity index (χ1n) is 5.72. The monoisotopic (exact) mass is 275 g/mol. The van der Waals surface area contributed by atoms with Crippen LogP contribution in [0.4, 0.5) is 5.69 Å². The SMILES string of the molecule is COc1ccc(C(=O)O)cc1NC(=O)c1cn(C)cn1. The summed E-state index contributed by atoms with van der Waals surface area (Å²) >= 11 is 0. The fourth-order valence-corrected chi connectivity index (χ4v) is 1.66. The van der Waals surface area contributed by atoms with Crippen molar-refractivity contribution in [3.05, 3.63) is 42.0 Å². The molecule has 0 unspecified atom stereocenters. The van der Waals surface area contributed by atoms with Gasteiger partial charge in [0.05, 0.1) is 24.7 Å². The summed E-state index contributed by atoms with van der Waals surface area (Å²) in [6.07, 6.45) is 3.06. The summed E-state index contributed by atoms with van der Waals surface area (Å²) in [6.45, 7) is 0. The summed E-state index contributed by atoms with van der Waals surface area (Å²) in [6, 6.07) is 4.22. The molecule has 7 heteroatoms. The fourth-order valence-electron chi connectivity index (χ4n) is 1.66. The lowest BCUT2D eigenvalue weighted by atomic mass is 10.2. The number of aromatic nitrogens is 2. The third kappa shape index (κ3) is 2.77. The van der Waals surface area contributed by atoms with Gasteiger partial charge in [0, 0.05) is 13.2 Å². The quantitative estimate of drug-likeness (QED) is 0.879. The number of hydrogen-bond donors (Lipinski definition) is 2. The predicted octanol–water partition coefficient (Wildman–Crippen LogP) is 1.38. The van der Waals surface area contributed by atoms with Crippen LogP contribution in [0, 0.1) is 0 Å². The molecule has 1 heterocycles. The summed E-state index contributed by atoms with van der Waals surface area (Å²) in [4.78, 5) is 26.8. The van der Waals surface area contributed by atoms with Gasteiger partial charge in [-0.1, -0.05) is 0 Å². The Hall–Kier alpha value is -2.83. The first kappa shape index (κ1) is 13.6. The number of methoxy groups -OCH3 is 1. The molecule has 2 aromatic rings. The van der Waals surface area contributed by atoms with Crippen molar-refractivity contribution in [2.24, 2.45) is 7.05 Å². The molecule has 104 valence electrons. The average molecular weight is 275 g/mol. The molecule has 1 aromatic carbocycles. The summed E-state index contributed by atoms with van der Waals surface area (Å²) in [5.41, 5.74) is 0.570. The molecule has 0 saturated carbocycles. The van der Waals surface area contributed by atoms with Crippen LogP contribution in [0.3, 0.4) is 0 Å². The van der Waals surface area contributed by atoms with E-state index < -0.39 is 11.9 Å². The minimum absolute atomic E-state index is 0.0575. The highest BCUT2D eigenvalue weighted by molar-refractivity contribution is 6.04. The zero-order valence-corrected chi connectivity index (χ0v) is 11.0. The zero-order chi connectivity index (χ0) is 14.7. The smallest absolute Gasteiger partial charge is 0.335 e. The Labute approximate surface area is 114 Å². The van der Waals surface area contributed by atoms with Crippen molar-refractivity contribution in [2.75, 3.05) is 12.4 Å². The lowest BCUT2D eigenvalue weighted by Crippen LogP contribution is -2.13. The Morgan fingerprint density at radius 1 is 1.40 bits per heavy atom. The molecule has 1 amide bonds. The van der Waals surface area contributed by atoms with Gasteiger partial charge in [-0.05, 0) is 18.2 Å². The van der Waals surface area contributed by atoms with E-state index in [2.05, 4.69) is 10.3 Å². The fraction of sp³-hybridized carbons (Fsp3) is 0.154. The molecule has 0 bridgehead atoms. The number of ether oxygens (including phenoxy) is 1. The number of aromatic carboxylic acids is 1. The maximum atomic E-state index is 12.0. The van der Waals surface area contributed by atoms with E-state index in [9.17, 15) is 9.59 Å². The average Bonchev–Trinajstić information content (AvgIpc) is 2.85. The number of imidazole rings is 1. The standard InChI is InChI=1S/C13H13N3O4/c1-16-6-10(14-7-16)12(17)15-9-5-8(13(18)19)3-4-11(9)20-2/h3-7H,1-2H3,(H,15,17)(H,18,19). The van der Waals surface area contributed by atoms with Crippen LogP contribution in [0.15, 0.2) is 30.7 Å². The molecule has 1 aromatic heterocycles. The molecule has 0 atom stereocenters. The number of carboxylic acid groups (broad SMARTS) is 1. The van der Waals surface area contributed by atoms with Gasteiger partial charge in [-0.3, -0.25) is 4.79 Å². The Bertz CT molecular complexity index is 663. The van der Waals surface area contributed by atoms with Crippen molar-refractivity contribution >= 4 is 17.6 Å². The van der Waals surface area contributed by atoms with Crippen molar-refractivity contribution in [1.82, 2.24) is 9.55 Å². The number of benzene rings is 1. The Kier molecular flexibility index (Phi) is 3.69. The van der Waals surface area contributed by atoms with Crippen LogP contribution in [0.5, 0.6) is 5.75 Å². The zero-order valence-electron chi connectivity index (χ0n) is 11.0. The lowest BCUT2D eigenvalue weighted by Gasteiger charge is -2.10. The van der Waals surface area contributed by atoms with Gasteiger partial charge >= 0.3 is 5.97 Å². The molecule has 2 N–H and O–H groups in total. The van der Waals surface area contributed by atoms with Crippen molar-refractivity contribution in [3.8, 4) is 5.75 Å². The van der Waals surface area contributed by atoms with Crippen molar-refractivity contribution in [2.45, 2.75) is 0 Å². The largest absolute Gasteiger partial charge is 0.495 e. The molecule has 0 aliphatic heterocycles. The highest BCUT2D eigenvalue weighted by Crippen LogP contribution is 2.26. The number of aryl methyl sites for hydroxylation is 1. The van der Waals surface area contributed by atoms with Crippen LogP contribution >= 0.6 is 0 Å². The molecule has 0 fully saturated rings. The molecular formula is C13H13N3O4. The van der Waals surface area contributed by atoms with Gasteiger partial charge in [-0.15, -0.1) is 0 Å². The van der Waals surface area contributed by atoms with E-state index in [4.69, 9.17) is 9.84 Å². The normalized spacial score (nSPS) is 10.1. The van der Waals surface area contributed by atoms with Crippen LogP contribution in [0.2, 0.25) is 0 Å². The molecule has 0 saturated heterocycles. The summed E-state index contributed by atoms with van der Waals surface area (Å²) < 4.78 is 6.73. The maximum Gasteiger partial charge on any atom is 0.335 e. The topological polar surface area (TPSA) is 93.5 Å². The minimum Gasteiger partial charge on any atom is -0.495 e. The first-order valence-corrected chi connectivity index (χ1v) is 5.72. The van der Waals surface area contributed by atoms with E-state index in [-0.39, 0.29) is 16.9 Å². The van der Waals surface area contributed by atoms with Crippen molar-refractivity contribution in [1.29, 1.82) is 0 Å². The summed E-state index contributed by atoms with van der Waals surface area (Å²) in [5, 5.41) is 11.5. The second-order valence-electron chi connectivity index (χ2n) is 4.10. The van der Waals surface area contributed by atoms with Gasteiger partial charge in [-0.2, -0.15) is 0 Å². The molecule has 0 spiro atoms. The number of carbonyl (C=O) groups is 2. The Morgan fingerprint density at radius 3 is 2.70 bits per heavy atom. The molecule has 20 heavy (non-hydrogen) atoms. The maximum absolute atomic E-state index is 12.0. The number of carboxylic acids is 1. The summed E-state index contributed by atoms with van der Waals surface area (Å²) in [5.74, 6) is -1.15. The predicted molar refractivity (Wildman–Crippen MR) is 71.1 cm³/mol. The summed E-state index contributed by atoms with van der Waals surface area (Å²) in [7, 11) is 3.18. The van der Waals surface area contributed by atoms with E-state index in [1.165, 1.54) is 31.6 Å². The van der Waals surface area contributed by atoms with Crippen LogP contribution in [0.25, 0.3) is 0 Å². The third-order valence-electron chi connectivity index (χ3n) is 2.63.